The minimum atomic E-state index is 0.0673. The first-order valence-electron chi connectivity index (χ1n) is 7.27. The van der Waals surface area contributed by atoms with Gasteiger partial charge in [0.05, 0.1) is 17.2 Å². The van der Waals surface area contributed by atoms with Gasteiger partial charge in [0.1, 0.15) is 0 Å². The zero-order valence-electron chi connectivity index (χ0n) is 11.8. The summed E-state index contributed by atoms with van der Waals surface area (Å²) in [4.78, 5) is 16.8. The Hall–Kier alpha value is -1.68. The minimum Gasteiger partial charge on any atom is -0.381 e. The van der Waals surface area contributed by atoms with E-state index in [1.165, 1.54) is 0 Å². The number of hydrogen-bond acceptors (Lipinski definition) is 3. The molecule has 1 aromatic carbocycles. The van der Waals surface area contributed by atoms with Gasteiger partial charge in [-0.25, -0.2) is 4.98 Å². The van der Waals surface area contributed by atoms with Crippen LogP contribution in [0.2, 0.25) is 0 Å². The molecule has 1 aliphatic heterocycles. The van der Waals surface area contributed by atoms with E-state index in [9.17, 15) is 4.79 Å². The molecule has 0 radical (unpaired) electrons. The maximum absolute atomic E-state index is 12.4. The lowest BCUT2D eigenvalue weighted by Crippen LogP contribution is -2.21. The Morgan fingerprint density at radius 1 is 1.45 bits per heavy atom. The highest BCUT2D eigenvalue weighted by molar-refractivity contribution is 5.77. The first-order chi connectivity index (χ1) is 9.74. The number of aryl methyl sites for hydroxylation is 2. The fourth-order valence-electron chi connectivity index (χ4n) is 2.79. The highest BCUT2D eigenvalue weighted by Crippen LogP contribution is 2.18. The van der Waals surface area contributed by atoms with Crippen molar-refractivity contribution in [3.63, 3.8) is 0 Å². The third-order valence-corrected chi connectivity index (χ3v) is 4.02. The third kappa shape index (κ3) is 2.75. The second-order valence-corrected chi connectivity index (χ2v) is 5.64. The summed E-state index contributed by atoms with van der Waals surface area (Å²) in [6, 6.07) is 5.80. The molecule has 0 saturated carbocycles. The number of fused-ring (bicyclic) bond motifs is 1. The van der Waals surface area contributed by atoms with Gasteiger partial charge in [-0.1, -0.05) is 6.07 Å². The largest absolute Gasteiger partial charge is 0.381 e. The number of aromatic nitrogens is 2. The van der Waals surface area contributed by atoms with Crippen molar-refractivity contribution in [1.82, 2.24) is 9.55 Å². The summed E-state index contributed by atoms with van der Waals surface area (Å²) in [6.45, 7) is 4.52. The van der Waals surface area contributed by atoms with Gasteiger partial charge < -0.3 is 4.74 Å². The molecule has 0 aliphatic carbocycles. The van der Waals surface area contributed by atoms with E-state index >= 15 is 0 Å². The number of nitrogens with zero attached hydrogens (tertiary/aromatic N) is 2. The SMILES string of the molecule is Cc1ccc2c(=O)n(CCC[C@H]3CCOC3)cnc2c1. The van der Waals surface area contributed by atoms with Gasteiger partial charge in [-0.2, -0.15) is 0 Å². The average molecular weight is 272 g/mol. The van der Waals surface area contributed by atoms with Crippen LogP contribution in [0.3, 0.4) is 0 Å². The lowest BCUT2D eigenvalue weighted by molar-refractivity contribution is 0.183. The Morgan fingerprint density at radius 3 is 3.15 bits per heavy atom. The van der Waals surface area contributed by atoms with Crippen molar-refractivity contribution in [2.45, 2.75) is 32.7 Å². The molecule has 0 spiro atoms. The maximum atomic E-state index is 12.4. The van der Waals surface area contributed by atoms with Crippen LogP contribution in [0.4, 0.5) is 0 Å². The topological polar surface area (TPSA) is 44.1 Å². The molecule has 0 bridgehead atoms. The molecular weight excluding hydrogens is 252 g/mol. The third-order valence-electron chi connectivity index (χ3n) is 4.02. The first-order valence-corrected chi connectivity index (χ1v) is 7.27. The summed E-state index contributed by atoms with van der Waals surface area (Å²) < 4.78 is 7.10. The lowest BCUT2D eigenvalue weighted by Gasteiger charge is -2.09. The Labute approximate surface area is 118 Å². The highest BCUT2D eigenvalue weighted by atomic mass is 16.5. The fourth-order valence-corrected chi connectivity index (χ4v) is 2.79. The molecule has 1 fully saturated rings. The van der Waals surface area contributed by atoms with Gasteiger partial charge in [0.15, 0.2) is 0 Å². The number of ether oxygens (including phenoxy) is 1. The molecule has 2 heterocycles. The Morgan fingerprint density at radius 2 is 2.35 bits per heavy atom. The van der Waals surface area contributed by atoms with E-state index in [4.69, 9.17) is 4.74 Å². The predicted octanol–water partition coefficient (Wildman–Crippen LogP) is 2.52. The quantitative estimate of drug-likeness (QED) is 0.859. The van der Waals surface area contributed by atoms with Crippen molar-refractivity contribution >= 4 is 10.9 Å². The molecule has 3 rings (SSSR count). The zero-order valence-corrected chi connectivity index (χ0v) is 11.8. The van der Waals surface area contributed by atoms with Gasteiger partial charge in [-0.3, -0.25) is 9.36 Å². The second kappa shape index (κ2) is 5.75. The maximum Gasteiger partial charge on any atom is 0.261 e. The monoisotopic (exact) mass is 272 g/mol. The molecular formula is C16H20N2O2. The van der Waals surface area contributed by atoms with Gasteiger partial charge >= 0.3 is 0 Å². The smallest absolute Gasteiger partial charge is 0.261 e. The molecule has 106 valence electrons. The van der Waals surface area contributed by atoms with Crippen LogP contribution >= 0.6 is 0 Å². The van der Waals surface area contributed by atoms with Crippen molar-refractivity contribution in [1.29, 1.82) is 0 Å². The number of hydrogen-bond donors (Lipinski definition) is 0. The lowest BCUT2D eigenvalue weighted by atomic mass is 10.0. The summed E-state index contributed by atoms with van der Waals surface area (Å²) in [5.41, 5.74) is 1.98. The molecule has 4 heteroatoms. The van der Waals surface area contributed by atoms with Crippen molar-refractivity contribution in [2.75, 3.05) is 13.2 Å². The van der Waals surface area contributed by atoms with E-state index in [0.717, 1.165) is 50.1 Å². The summed E-state index contributed by atoms with van der Waals surface area (Å²) in [7, 11) is 0. The van der Waals surface area contributed by atoms with Gasteiger partial charge in [0.2, 0.25) is 0 Å². The summed E-state index contributed by atoms with van der Waals surface area (Å²) in [5, 5.41) is 0.710. The van der Waals surface area contributed by atoms with Crippen molar-refractivity contribution in [3.05, 3.63) is 40.4 Å². The van der Waals surface area contributed by atoms with Crippen LogP contribution in [0.5, 0.6) is 0 Å². The molecule has 2 aromatic rings. The van der Waals surface area contributed by atoms with Gasteiger partial charge in [-0.05, 0) is 49.8 Å². The molecule has 1 aromatic heterocycles. The second-order valence-electron chi connectivity index (χ2n) is 5.64. The minimum absolute atomic E-state index is 0.0673. The zero-order chi connectivity index (χ0) is 13.9. The van der Waals surface area contributed by atoms with E-state index in [2.05, 4.69) is 4.98 Å². The van der Waals surface area contributed by atoms with Crippen LogP contribution in [0.1, 0.15) is 24.8 Å². The van der Waals surface area contributed by atoms with Crippen LogP contribution < -0.4 is 5.56 Å². The van der Waals surface area contributed by atoms with E-state index in [1.807, 2.05) is 25.1 Å². The molecule has 20 heavy (non-hydrogen) atoms. The highest BCUT2D eigenvalue weighted by Gasteiger charge is 2.15. The molecule has 4 nitrogen and oxygen atoms in total. The standard InChI is InChI=1S/C16H20N2O2/c1-12-4-5-14-15(9-12)17-11-18(16(14)19)7-2-3-13-6-8-20-10-13/h4-5,9,11,13H,2-3,6-8,10H2,1H3/t13-/m0/s1. The molecule has 0 amide bonds. The van der Waals surface area contributed by atoms with Crippen LogP contribution in [0, 0.1) is 12.8 Å². The van der Waals surface area contributed by atoms with Crippen molar-refractivity contribution in [2.24, 2.45) is 5.92 Å². The van der Waals surface area contributed by atoms with E-state index < -0.39 is 0 Å². The van der Waals surface area contributed by atoms with Gasteiger partial charge in [0, 0.05) is 19.8 Å². The van der Waals surface area contributed by atoms with Gasteiger partial charge in [0.25, 0.3) is 5.56 Å². The molecule has 1 atom stereocenters. The Balaban J connectivity index is 1.73. The van der Waals surface area contributed by atoms with E-state index in [0.29, 0.717) is 11.3 Å². The normalized spacial score (nSPS) is 18.8. The Bertz CT molecular complexity index is 657. The Kier molecular flexibility index (Phi) is 3.83. The van der Waals surface area contributed by atoms with E-state index in [-0.39, 0.29) is 5.56 Å². The van der Waals surface area contributed by atoms with Crippen LogP contribution in [0.25, 0.3) is 10.9 Å². The molecule has 0 unspecified atom stereocenters. The fraction of sp³-hybridized carbons (Fsp3) is 0.500. The van der Waals surface area contributed by atoms with Crippen molar-refractivity contribution in [3.8, 4) is 0 Å². The predicted molar refractivity (Wildman–Crippen MR) is 78.9 cm³/mol. The van der Waals surface area contributed by atoms with Crippen LogP contribution in [-0.2, 0) is 11.3 Å². The van der Waals surface area contributed by atoms with Crippen molar-refractivity contribution < 1.29 is 4.74 Å². The molecule has 1 aliphatic rings. The molecule has 0 N–H and O–H groups in total. The van der Waals surface area contributed by atoms with E-state index in [1.54, 1.807) is 10.9 Å². The summed E-state index contributed by atoms with van der Waals surface area (Å²) >= 11 is 0. The number of benzene rings is 1. The molecule has 1 saturated heterocycles. The average Bonchev–Trinajstić information content (AvgIpc) is 2.94. The summed E-state index contributed by atoms with van der Waals surface area (Å²) in [6.07, 6.45) is 4.96. The van der Waals surface area contributed by atoms with Crippen LogP contribution in [0.15, 0.2) is 29.3 Å². The van der Waals surface area contributed by atoms with Crippen LogP contribution in [-0.4, -0.2) is 22.8 Å². The number of rotatable bonds is 4. The van der Waals surface area contributed by atoms with Gasteiger partial charge in [-0.15, -0.1) is 0 Å². The summed E-state index contributed by atoms with van der Waals surface area (Å²) in [5.74, 6) is 0.668. The first kappa shape index (κ1) is 13.3.